The van der Waals surface area contributed by atoms with E-state index in [0.717, 1.165) is 94.7 Å². The van der Waals surface area contributed by atoms with Gasteiger partial charge in [-0.05, 0) is 249 Å². The van der Waals surface area contributed by atoms with Crippen LogP contribution < -0.4 is 0 Å². The van der Waals surface area contributed by atoms with E-state index in [1.807, 2.05) is 0 Å². The first-order valence-corrected chi connectivity index (χ1v) is 32.8. The van der Waals surface area contributed by atoms with Gasteiger partial charge in [0.1, 0.15) is 0 Å². The Hall–Kier alpha value is -1.04. The highest BCUT2D eigenvalue weighted by Crippen LogP contribution is 2.46. The summed E-state index contributed by atoms with van der Waals surface area (Å²) >= 11 is 0. The molecule has 0 unspecified atom stereocenters. The van der Waals surface area contributed by atoms with E-state index in [2.05, 4.69) is 78.3 Å². The summed E-state index contributed by atoms with van der Waals surface area (Å²) < 4.78 is 0. The molecule has 8 saturated carbocycles. The van der Waals surface area contributed by atoms with Crippen molar-refractivity contribution in [1.82, 2.24) is 0 Å². The molecule has 0 radical (unpaired) electrons. The van der Waals surface area contributed by atoms with E-state index in [0.29, 0.717) is 0 Å². The van der Waals surface area contributed by atoms with Gasteiger partial charge in [0.25, 0.3) is 0 Å². The standard InChI is InChI=1S/C19H34.C18H32.C17H30.C16H28.8H2/c1-3-5-6-7-17-10-14-19(15-11-17)18-12-8-16(4-2)9-13-18;1-3-5-6-16-9-13-18(14-10-16)17-11-7-15(4-2)8-12-17;1-3-5-15-8-12-17(13-9-15)16-10-6-14(4-2)7-11-16;1-3-13-5-9-15(10-6-13)16-11-7-14(4-2)8-12-16;;;;;;;;/h4,16-19H,2-3,5-15H2,1H3;4,15-18H,2-3,5-14H2,1H3;4,14-17H,2-3,5-13H2,1H3;3,13-16H,1,4-12H2,2H3;8*1H. The molecule has 0 aliphatic heterocycles. The lowest BCUT2D eigenvalue weighted by Gasteiger charge is -2.37. The first kappa shape index (κ1) is 59.8. The van der Waals surface area contributed by atoms with Crippen molar-refractivity contribution in [2.24, 2.45) is 94.7 Å². The number of hydrogen-bond donors (Lipinski definition) is 0. The Kier molecular flexibility index (Phi) is 30.1. The van der Waals surface area contributed by atoms with Crippen molar-refractivity contribution in [2.75, 3.05) is 0 Å². The summed E-state index contributed by atoms with van der Waals surface area (Å²) in [6.07, 6.45) is 71.0. The van der Waals surface area contributed by atoms with Crippen molar-refractivity contribution in [2.45, 2.75) is 297 Å². The molecule has 0 N–H and O–H groups in total. The van der Waals surface area contributed by atoms with E-state index in [1.165, 1.54) is 257 Å². The molecule has 0 heterocycles. The molecule has 0 saturated heterocycles. The summed E-state index contributed by atoms with van der Waals surface area (Å²) in [6, 6.07) is 0. The van der Waals surface area contributed by atoms with Gasteiger partial charge in [0, 0.05) is 11.4 Å². The van der Waals surface area contributed by atoms with Crippen LogP contribution >= 0.6 is 0 Å². The normalized spacial score (nSPS) is 38.1. The largest absolute Gasteiger partial charge is 0.103 e. The van der Waals surface area contributed by atoms with Gasteiger partial charge in [0.15, 0.2) is 0 Å². The molecule has 0 heteroatoms. The SMILES string of the molecule is C=CC1CCC(C2CCC(CC)CC2)CC1.C=CC1CCC(C2CCC(CCC)CC2)CC1.C=CC1CCC(C2CCC(CCCC)CC2)CC1.C=CC1CCC(C2CCC(CCCCC)CC2)CC1.[HH].[HH].[HH].[HH].[HH].[HH].[HH].[HH]. The number of unbranched alkanes of at least 4 members (excludes halogenated alkanes) is 3. The zero-order valence-electron chi connectivity index (χ0n) is 48.1. The lowest BCUT2D eigenvalue weighted by Crippen LogP contribution is -2.25. The monoisotopic (exact) mass is 981 g/mol. The second-order valence-corrected chi connectivity index (χ2v) is 26.6. The van der Waals surface area contributed by atoms with Crippen LogP contribution in [0.4, 0.5) is 0 Å². The van der Waals surface area contributed by atoms with Crippen LogP contribution in [0.3, 0.4) is 0 Å². The lowest BCUT2D eigenvalue weighted by atomic mass is 9.68. The molecular weight excluding hydrogens is 841 g/mol. The minimum Gasteiger partial charge on any atom is -0.103 e. The second-order valence-electron chi connectivity index (χ2n) is 26.6. The minimum absolute atomic E-state index is 0. The van der Waals surface area contributed by atoms with Crippen molar-refractivity contribution < 1.29 is 11.4 Å². The van der Waals surface area contributed by atoms with Crippen molar-refractivity contribution in [1.29, 1.82) is 0 Å². The molecule has 0 aromatic heterocycles. The van der Waals surface area contributed by atoms with Crippen LogP contribution in [0.2, 0.25) is 0 Å². The maximum atomic E-state index is 3.97. The fourth-order valence-electron chi connectivity index (χ4n) is 16.9. The summed E-state index contributed by atoms with van der Waals surface area (Å²) in [6.45, 7) is 25.2. The Balaban J connectivity index is -0.000000453. The minimum atomic E-state index is 0. The molecule has 8 rings (SSSR count). The van der Waals surface area contributed by atoms with Gasteiger partial charge in [-0.2, -0.15) is 0 Å². The zero-order chi connectivity index (χ0) is 49.8. The molecule has 8 aliphatic rings. The van der Waals surface area contributed by atoms with E-state index in [9.17, 15) is 0 Å². The maximum absolute atomic E-state index is 3.97. The van der Waals surface area contributed by atoms with Crippen molar-refractivity contribution in [3.8, 4) is 0 Å². The first-order chi connectivity index (χ1) is 34.3. The van der Waals surface area contributed by atoms with Gasteiger partial charge in [-0.1, -0.05) is 168 Å². The van der Waals surface area contributed by atoms with Gasteiger partial charge in [0.05, 0.1) is 0 Å². The topological polar surface area (TPSA) is 0 Å². The van der Waals surface area contributed by atoms with E-state index < -0.39 is 0 Å². The first-order valence-electron chi connectivity index (χ1n) is 32.8. The molecule has 8 fully saturated rings. The van der Waals surface area contributed by atoms with Gasteiger partial charge in [0.2, 0.25) is 0 Å². The molecular formula is C70H140. The highest BCUT2D eigenvalue weighted by molar-refractivity contribution is 4.91. The number of allylic oxidation sites excluding steroid dienone is 4. The highest BCUT2D eigenvalue weighted by Gasteiger charge is 2.33. The fourth-order valence-corrected chi connectivity index (χ4v) is 16.9. The molecule has 0 aromatic rings. The summed E-state index contributed by atoms with van der Waals surface area (Å²) in [5, 5.41) is 0. The Labute approximate surface area is 452 Å². The summed E-state index contributed by atoms with van der Waals surface area (Å²) in [5.41, 5.74) is 0. The van der Waals surface area contributed by atoms with E-state index in [1.54, 1.807) is 12.8 Å². The molecule has 420 valence electrons. The Morgan fingerprint density at radius 1 is 0.257 bits per heavy atom. The Morgan fingerprint density at radius 2 is 0.486 bits per heavy atom. The maximum Gasteiger partial charge on any atom is 0 e. The van der Waals surface area contributed by atoms with Gasteiger partial charge < -0.3 is 0 Å². The quantitative estimate of drug-likeness (QED) is 0.0948. The van der Waals surface area contributed by atoms with Crippen LogP contribution in [0, 0.1) is 94.7 Å². The summed E-state index contributed by atoms with van der Waals surface area (Å²) in [4.78, 5) is 0. The molecule has 0 atom stereocenters. The van der Waals surface area contributed by atoms with E-state index in [-0.39, 0.29) is 11.4 Å². The lowest BCUT2D eigenvalue weighted by molar-refractivity contribution is 0.151. The van der Waals surface area contributed by atoms with Crippen molar-refractivity contribution >= 4 is 0 Å². The van der Waals surface area contributed by atoms with Crippen molar-refractivity contribution in [3.05, 3.63) is 50.6 Å². The molecule has 0 amide bonds. The van der Waals surface area contributed by atoms with E-state index in [4.69, 9.17) is 0 Å². The second kappa shape index (κ2) is 35.3. The fraction of sp³-hybridized carbons (Fsp3) is 0.886. The Bertz CT molecular complexity index is 1330. The molecule has 8 aliphatic carbocycles. The van der Waals surface area contributed by atoms with Crippen LogP contribution in [0.15, 0.2) is 50.6 Å². The van der Waals surface area contributed by atoms with Crippen LogP contribution in [-0.2, 0) is 0 Å². The van der Waals surface area contributed by atoms with Crippen molar-refractivity contribution in [3.63, 3.8) is 0 Å². The number of rotatable bonds is 18. The molecule has 0 spiro atoms. The average molecular weight is 982 g/mol. The predicted molar refractivity (Wildman–Crippen MR) is 330 cm³/mol. The predicted octanol–water partition coefficient (Wildman–Crippen LogP) is 25.1. The van der Waals surface area contributed by atoms with Crippen LogP contribution in [0.1, 0.15) is 309 Å². The third-order valence-corrected chi connectivity index (χ3v) is 22.3. The van der Waals surface area contributed by atoms with Crippen LogP contribution in [0.5, 0.6) is 0 Å². The third-order valence-electron chi connectivity index (χ3n) is 22.3. The highest BCUT2D eigenvalue weighted by atomic mass is 14.4. The Morgan fingerprint density at radius 3 is 0.714 bits per heavy atom. The van der Waals surface area contributed by atoms with Gasteiger partial charge in [-0.25, -0.2) is 0 Å². The molecule has 0 bridgehead atoms. The molecule has 0 nitrogen and oxygen atoms in total. The van der Waals surface area contributed by atoms with Crippen LogP contribution in [0.25, 0.3) is 0 Å². The summed E-state index contributed by atoms with van der Waals surface area (Å²) in [7, 11) is 0. The summed E-state index contributed by atoms with van der Waals surface area (Å²) in [5.74, 6) is 16.2. The smallest absolute Gasteiger partial charge is 0 e. The number of hydrogen-bond acceptors (Lipinski definition) is 0. The molecule has 70 heavy (non-hydrogen) atoms. The zero-order valence-corrected chi connectivity index (χ0v) is 48.1. The van der Waals surface area contributed by atoms with Gasteiger partial charge in [-0.3, -0.25) is 0 Å². The van der Waals surface area contributed by atoms with Gasteiger partial charge >= 0.3 is 0 Å². The van der Waals surface area contributed by atoms with Crippen LogP contribution in [-0.4, -0.2) is 0 Å². The van der Waals surface area contributed by atoms with Gasteiger partial charge in [-0.15, -0.1) is 26.3 Å². The third kappa shape index (κ3) is 21.3. The molecule has 0 aromatic carbocycles. The average Bonchev–Trinajstić information content (AvgIpc) is 3.44. The van der Waals surface area contributed by atoms with E-state index >= 15 is 0 Å².